The van der Waals surface area contributed by atoms with Crippen LogP contribution in [0.3, 0.4) is 0 Å². The van der Waals surface area contributed by atoms with E-state index in [-0.39, 0.29) is 4.21 Å². The van der Waals surface area contributed by atoms with Gasteiger partial charge in [-0.25, -0.2) is 13.1 Å². The Kier molecular flexibility index (Phi) is 3.96. The Morgan fingerprint density at radius 1 is 1.56 bits per heavy atom. The van der Waals surface area contributed by atoms with Gasteiger partial charge in [-0.1, -0.05) is 24.4 Å². The highest BCUT2D eigenvalue weighted by molar-refractivity contribution is 9.11. The number of rotatable bonds is 5. The normalized spacial score (nSPS) is 16.6. The van der Waals surface area contributed by atoms with E-state index >= 15 is 0 Å². The molecule has 0 saturated heterocycles. The number of thiophene rings is 1. The highest BCUT2D eigenvalue weighted by atomic mass is 79.9. The summed E-state index contributed by atoms with van der Waals surface area (Å²) in [4.78, 5) is 0. The fraction of sp³-hybridized carbons (Fsp3) is 0.556. The van der Waals surface area contributed by atoms with Gasteiger partial charge in [0.25, 0.3) is 0 Å². The molecule has 0 atom stereocenters. The maximum absolute atomic E-state index is 11.8. The van der Waals surface area contributed by atoms with Gasteiger partial charge >= 0.3 is 0 Å². The second-order valence-electron chi connectivity index (χ2n) is 3.82. The van der Waals surface area contributed by atoms with Crippen molar-refractivity contribution < 1.29 is 8.42 Å². The van der Waals surface area contributed by atoms with E-state index in [1.165, 1.54) is 18.9 Å². The molecule has 0 unspecified atom stereocenters. The van der Waals surface area contributed by atoms with E-state index in [0.29, 0.717) is 15.4 Å². The zero-order valence-corrected chi connectivity index (χ0v) is 12.3. The predicted molar refractivity (Wildman–Crippen MR) is 69.6 cm³/mol. The molecule has 1 fully saturated rings. The van der Waals surface area contributed by atoms with Crippen molar-refractivity contribution in [2.24, 2.45) is 5.92 Å². The lowest BCUT2D eigenvalue weighted by atomic mass is 10.3. The van der Waals surface area contributed by atoms with Gasteiger partial charge in [0.05, 0.1) is 8.81 Å². The number of sulfonamides is 1. The molecule has 3 nitrogen and oxygen atoms in total. The van der Waals surface area contributed by atoms with Crippen LogP contribution in [0.15, 0.2) is 14.1 Å². The summed E-state index contributed by atoms with van der Waals surface area (Å²) in [6.07, 6.45) is 3.40. The summed E-state index contributed by atoms with van der Waals surface area (Å²) in [6, 6.07) is 1.47. The Labute approximate surface area is 112 Å². The second-order valence-corrected chi connectivity index (χ2v) is 8.59. The molecule has 1 N–H and O–H groups in total. The fourth-order valence-corrected chi connectivity index (χ4v) is 4.82. The molecule has 16 heavy (non-hydrogen) atoms. The SMILES string of the molecule is O=S(=O)(NCCC1CC1)c1cc(Cl)c(Br)s1. The Balaban J connectivity index is 1.99. The van der Waals surface area contributed by atoms with Crippen LogP contribution in [0.1, 0.15) is 19.3 Å². The first kappa shape index (κ1) is 12.8. The van der Waals surface area contributed by atoms with Crippen LogP contribution in [-0.4, -0.2) is 15.0 Å². The first-order valence-corrected chi connectivity index (χ1v) is 8.40. The minimum absolute atomic E-state index is 0.264. The highest BCUT2D eigenvalue weighted by Crippen LogP contribution is 2.35. The van der Waals surface area contributed by atoms with Crippen molar-refractivity contribution in [2.75, 3.05) is 6.54 Å². The number of nitrogens with one attached hydrogen (secondary N) is 1. The molecule has 2 rings (SSSR count). The Hall–Kier alpha value is 0.380. The van der Waals surface area contributed by atoms with Crippen molar-refractivity contribution in [3.8, 4) is 0 Å². The summed E-state index contributed by atoms with van der Waals surface area (Å²) in [6.45, 7) is 0.514. The van der Waals surface area contributed by atoms with Gasteiger partial charge < -0.3 is 0 Å². The van der Waals surface area contributed by atoms with Crippen LogP contribution in [0.25, 0.3) is 0 Å². The summed E-state index contributed by atoms with van der Waals surface area (Å²) in [5.41, 5.74) is 0. The van der Waals surface area contributed by atoms with Gasteiger partial charge in [-0.3, -0.25) is 0 Å². The highest BCUT2D eigenvalue weighted by Gasteiger charge is 2.23. The lowest BCUT2D eigenvalue weighted by molar-refractivity contribution is 0.577. The van der Waals surface area contributed by atoms with Gasteiger partial charge in [-0.05, 0) is 34.3 Å². The van der Waals surface area contributed by atoms with E-state index in [1.54, 1.807) is 0 Å². The van der Waals surface area contributed by atoms with Crippen molar-refractivity contribution in [2.45, 2.75) is 23.5 Å². The molecule has 1 saturated carbocycles. The molecule has 1 aromatic heterocycles. The third-order valence-corrected chi connectivity index (χ3v) is 6.84. The van der Waals surface area contributed by atoms with E-state index in [9.17, 15) is 8.42 Å². The quantitative estimate of drug-likeness (QED) is 0.891. The molecule has 0 spiro atoms. The standard InChI is InChI=1S/C9H11BrClNO2S2/c10-9-7(11)5-8(15-9)16(13,14)12-4-3-6-1-2-6/h5-6,12H,1-4H2. The van der Waals surface area contributed by atoms with Crippen LogP contribution >= 0.6 is 38.9 Å². The average molecular weight is 345 g/mol. The van der Waals surface area contributed by atoms with Crippen LogP contribution in [0.4, 0.5) is 0 Å². The van der Waals surface area contributed by atoms with E-state index < -0.39 is 10.0 Å². The Morgan fingerprint density at radius 2 is 2.25 bits per heavy atom. The number of hydrogen-bond donors (Lipinski definition) is 1. The van der Waals surface area contributed by atoms with Crippen molar-refractivity contribution in [3.63, 3.8) is 0 Å². The van der Waals surface area contributed by atoms with Gasteiger partial charge in [-0.15, -0.1) is 11.3 Å². The van der Waals surface area contributed by atoms with Crippen LogP contribution < -0.4 is 4.72 Å². The van der Waals surface area contributed by atoms with Crippen LogP contribution in [0.5, 0.6) is 0 Å². The smallest absolute Gasteiger partial charge is 0.210 e. The van der Waals surface area contributed by atoms with Crippen LogP contribution in [0, 0.1) is 5.92 Å². The maximum atomic E-state index is 11.8. The van der Waals surface area contributed by atoms with Gasteiger partial charge in [0, 0.05) is 6.54 Å². The van der Waals surface area contributed by atoms with Crippen LogP contribution in [-0.2, 0) is 10.0 Å². The minimum atomic E-state index is -3.38. The number of hydrogen-bond acceptors (Lipinski definition) is 3. The van der Waals surface area contributed by atoms with Gasteiger partial charge in [0.15, 0.2) is 0 Å². The summed E-state index contributed by atoms with van der Waals surface area (Å²) in [5.74, 6) is 0.723. The largest absolute Gasteiger partial charge is 0.250 e. The molecule has 0 aromatic carbocycles. The first-order valence-electron chi connectivity index (χ1n) is 4.93. The first-order chi connectivity index (χ1) is 7.49. The van der Waals surface area contributed by atoms with E-state index in [0.717, 1.165) is 23.7 Å². The minimum Gasteiger partial charge on any atom is -0.210 e. The second kappa shape index (κ2) is 4.94. The summed E-state index contributed by atoms with van der Waals surface area (Å²) in [7, 11) is -3.38. The van der Waals surface area contributed by atoms with Crippen molar-refractivity contribution in [1.29, 1.82) is 0 Å². The van der Waals surface area contributed by atoms with Gasteiger partial charge in [0.2, 0.25) is 10.0 Å². The van der Waals surface area contributed by atoms with E-state index in [2.05, 4.69) is 20.7 Å². The molecule has 1 aromatic rings. The molecule has 0 radical (unpaired) electrons. The monoisotopic (exact) mass is 343 g/mol. The molecular weight excluding hydrogens is 334 g/mol. The lowest BCUT2D eigenvalue weighted by Gasteiger charge is -2.03. The topological polar surface area (TPSA) is 46.2 Å². The molecule has 0 bridgehead atoms. The summed E-state index contributed by atoms with van der Waals surface area (Å²) < 4.78 is 27.1. The Bertz CT molecular complexity index is 462. The van der Waals surface area contributed by atoms with Crippen molar-refractivity contribution >= 4 is 48.9 Å². The summed E-state index contributed by atoms with van der Waals surface area (Å²) >= 11 is 10.1. The van der Waals surface area contributed by atoms with Gasteiger partial charge in [-0.2, -0.15) is 0 Å². The summed E-state index contributed by atoms with van der Waals surface area (Å²) in [5, 5.41) is 0.438. The number of halogens is 2. The molecule has 1 aliphatic carbocycles. The van der Waals surface area contributed by atoms with Gasteiger partial charge in [0.1, 0.15) is 4.21 Å². The van der Waals surface area contributed by atoms with Crippen molar-refractivity contribution in [1.82, 2.24) is 4.72 Å². The predicted octanol–water partition coefficient (Wildman–Crippen LogP) is 3.24. The van der Waals surface area contributed by atoms with Crippen molar-refractivity contribution in [3.05, 3.63) is 14.9 Å². The molecule has 7 heteroatoms. The molecule has 90 valence electrons. The molecule has 1 aliphatic rings. The fourth-order valence-electron chi connectivity index (χ4n) is 1.33. The molecular formula is C9H11BrClNO2S2. The lowest BCUT2D eigenvalue weighted by Crippen LogP contribution is -2.24. The average Bonchev–Trinajstić information content (AvgIpc) is 2.94. The third kappa shape index (κ3) is 3.20. The molecule has 1 heterocycles. The Morgan fingerprint density at radius 3 is 2.75 bits per heavy atom. The zero-order chi connectivity index (χ0) is 11.8. The molecule has 0 aliphatic heterocycles. The third-order valence-electron chi connectivity index (χ3n) is 2.43. The molecule has 0 amide bonds. The van der Waals surface area contributed by atoms with E-state index in [1.807, 2.05) is 0 Å². The van der Waals surface area contributed by atoms with Crippen LogP contribution in [0.2, 0.25) is 5.02 Å². The zero-order valence-electron chi connectivity index (χ0n) is 8.37. The van der Waals surface area contributed by atoms with E-state index in [4.69, 9.17) is 11.6 Å². The maximum Gasteiger partial charge on any atom is 0.250 e.